The van der Waals surface area contributed by atoms with E-state index in [-0.39, 0.29) is 0 Å². The quantitative estimate of drug-likeness (QED) is 0.795. The van der Waals surface area contributed by atoms with Crippen LogP contribution in [0.4, 0.5) is 0 Å². The topological polar surface area (TPSA) is 58.9 Å². The van der Waals surface area contributed by atoms with Gasteiger partial charge < -0.3 is 5.11 Å². The van der Waals surface area contributed by atoms with Gasteiger partial charge in [0.2, 0.25) is 0 Å². The molecule has 4 nitrogen and oxygen atoms in total. The van der Waals surface area contributed by atoms with Gasteiger partial charge in [0.25, 0.3) is 0 Å². The van der Waals surface area contributed by atoms with E-state index in [1.54, 1.807) is 6.20 Å². The first kappa shape index (κ1) is 12.2. The van der Waals surface area contributed by atoms with Crippen LogP contribution in [0.15, 0.2) is 36.5 Å². The lowest BCUT2D eigenvalue weighted by Gasteiger charge is -2.10. The first-order chi connectivity index (χ1) is 9.25. The number of para-hydroxylation sites is 1. The third kappa shape index (κ3) is 2.34. The van der Waals surface area contributed by atoms with Gasteiger partial charge in [-0.15, -0.1) is 5.10 Å². The minimum Gasteiger partial charge on any atom is -0.387 e. The first-order valence-corrected chi connectivity index (χ1v) is 6.82. The van der Waals surface area contributed by atoms with Gasteiger partial charge in [-0.25, -0.2) is 0 Å². The molecule has 0 saturated heterocycles. The van der Waals surface area contributed by atoms with Crippen LogP contribution in [-0.2, 0) is 6.42 Å². The van der Waals surface area contributed by atoms with Crippen LogP contribution in [0.3, 0.4) is 0 Å². The number of rotatable bonds is 3. The number of benzene rings is 1. The molecular weight excluding hydrogens is 258 g/mol. The van der Waals surface area contributed by atoms with Crippen LogP contribution in [0.2, 0.25) is 0 Å². The van der Waals surface area contributed by atoms with E-state index >= 15 is 0 Å². The molecule has 1 atom stereocenters. The Morgan fingerprint density at radius 3 is 2.89 bits per heavy atom. The first-order valence-electron chi connectivity index (χ1n) is 6.05. The molecule has 0 aliphatic carbocycles. The number of hydrogen-bond acceptors (Lipinski definition) is 5. The minimum atomic E-state index is -0.564. The third-order valence-corrected chi connectivity index (χ3v) is 4.07. The molecule has 0 fully saturated rings. The molecule has 0 bridgehead atoms. The molecule has 3 aromatic rings. The van der Waals surface area contributed by atoms with Crippen molar-refractivity contribution >= 4 is 22.4 Å². The Balaban J connectivity index is 1.96. The smallest absolute Gasteiger partial charge is 0.0957 e. The van der Waals surface area contributed by atoms with E-state index in [9.17, 15) is 5.11 Å². The molecule has 19 heavy (non-hydrogen) atoms. The molecule has 2 heterocycles. The highest BCUT2D eigenvalue weighted by Gasteiger charge is 2.16. The van der Waals surface area contributed by atoms with E-state index in [1.807, 2.05) is 37.3 Å². The van der Waals surface area contributed by atoms with Gasteiger partial charge in [-0.2, -0.15) is 0 Å². The molecule has 0 radical (unpaired) electrons. The van der Waals surface area contributed by atoms with Crippen molar-refractivity contribution in [3.05, 3.63) is 52.7 Å². The van der Waals surface area contributed by atoms with Crippen LogP contribution < -0.4 is 0 Å². The third-order valence-electron chi connectivity index (χ3n) is 3.14. The molecule has 5 heteroatoms. The van der Waals surface area contributed by atoms with Crippen LogP contribution in [0.1, 0.15) is 22.2 Å². The monoisotopic (exact) mass is 271 g/mol. The van der Waals surface area contributed by atoms with Crippen LogP contribution in [0.25, 0.3) is 10.9 Å². The molecule has 3 rings (SSSR count). The summed E-state index contributed by atoms with van der Waals surface area (Å²) in [5, 5.41) is 15.3. The van der Waals surface area contributed by atoms with Crippen LogP contribution in [0.5, 0.6) is 0 Å². The van der Waals surface area contributed by atoms with Crippen molar-refractivity contribution in [1.82, 2.24) is 14.6 Å². The molecule has 2 aromatic heterocycles. The fourth-order valence-electron chi connectivity index (χ4n) is 2.18. The van der Waals surface area contributed by atoms with Gasteiger partial charge in [-0.05, 0) is 36.2 Å². The average molecular weight is 271 g/mol. The number of aryl methyl sites for hydroxylation is 1. The van der Waals surface area contributed by atoms with Gasteiger partial charge in [-0.1, -0.05) is 22.7 Å². The summed E-state index contributed by atoms with van der Waals surface area (Å²) in [6, 6.07) is 9.91. The second-order valence-electron chi connectivity index (χ2n) is 4.43. The number of nitrogens with zero attached hydrogens (tertiary/aromatic N) is 3. The van der Waals surface area contributed by atoms with E-state index in [4.69, 9.17) is 0 Å². The summed E-state index contributed by atoms with van der Waals surface area (Å²) >= 11 is 1.26. The van der Waals surface area contributed by atoms with Gasteiger partial charge in [0, 0.05) is 18.0 Å². The summed E-state index contributed by atoms with van der Waals surface area (Å²) in [6.45, 7) is 1.87. The van der Waals surface area contributed by atoms with Crippen molar-refractivity contribution in [3.63, 3.8) is 0 Å². The van der Waals surface area contributed by atoms with Crippen molar-refractivity contribution in [2.45, 2.75) is 19.4 Å². The number of fused-ring (bicyclic) bond motifs is 1. The Labute approximate surface area is 114 Å². The summed E-state index contributed by atoms with van der Waals surface area (Å²) in [5.74, 6) is 0. The lowest BCUT2D eigenvalue weighted by Crippen LogP contribution is -2.02. The normalized spacial score (nSPS) is 12.7. The summed E-state index contributed by atoms with van der Waals surface area (Å²) in [7, 11) is 0. The number of pyridine rings is 1. The molecule has 0 amide bonds. The molecule has 0 saturated carbocycles. The standard InChI is InChI=1S/C14H13N3OS/c1-9-14(19-17-16-9)13(18)8-10-6-7-15-12-5-3-2-4-11(10)12/h2-7,13,18H,8H2,1H3. The molecule has 1 unspecified atom stereocenters. The molecule has 1 aromatic carbocycles. The van der Waals surface area contributed by atoms with Crippen LogP contribution in [-0.4, -0.2) is 19.7 Å². The molecule has 0 aliphatic heterocycles. The van der Waals surface area contributed by atoms with Gasteiger partial charge in [0.05, 0.1) is 22.2 Å². The van der Waals surface area contributed by atoms with E-state index < -0.39 is 6.10 Å². The Bertz CT molecular complexity index is 705. The van der Waals surface area contributed by atoms with Crippen molar-refractivity contribution in [2.75, 3.05) is 0 Å². The van der Waals surface area contributed by atoms with Gasteiger partial charge in [0.1, 0.15) is 0 Å². The zero-order valence-corrected chi connectivity index (χ0v) is 11.3. The van der Waals surface area contributed by atoms with Crippen molar-refractivity contribution in [2.24, 2.45) is 0 Å². The number of aromatic nitrogens is 3. The predicted octanol–water partition coefficient (Wildman–Crippen LogP) is 2.67. The van der Waals surface area contributed by atoms with Gasteiger partial charge in [-0.3, -0.25) is 4.98 Å². The van der Waals surface area contributed by atoms with Crippen molar-refractivity contribution < 1.29 is 5.11 Å². The van der Waals surface area contributed by atoms with Crippen LogP contribution in [0, 0.1) is 6.92 Å². The van der Waals surface area contributed by atoms with Crippen LogP contribution >= 0.6 is 11.5 Å². The number of aliphatic hydroxyl groups is 1. The fourth-order valence-corrected chi connectivity index (χ4v) is 2.81. The van der Waals surface area contributed by atoms with Crippen molar-refractivity contribution in [3.8, 4) is 0 Å². The van der Waals surface area contributed by atoms with E-state index in [0.29, 0.717) is 6.42 Å². The SMILES string of the molecule is Cc1nnsc1C(O)Cc1ccnc2ccccc12. The lowest BCUT2D eigenvalue weighted by atomic mass is 10.0. The zero-order valence-electron chi connectivity index (χ0n) is 10.4. The average Bonchev–Trinajstić information content (AvgIpc) is 2.85. The predicted molar refractivity (Wildman–Crippen MR) is 75.1 cm³/mol. The second kappa shape index (κ2) is 5.03. The summed E-state index contributed by atoms with van der Waals surface area (Å²) in [4.78, 5) is 5.16. The highest BCUT2D eigenvalue weighted by Crippen LogP contribution is 2.26. The highest BCUT2D eigenvalue weighted by molar-refractivity contribution is 7.05. The Kier molecular flexibility index (Phi) is 3.23. The largest absolute Gasteiger partial charge is 0.387 e. The molecule has 96 valence electrons. The molecular formula is C14H13N3OS. The number of hydrogen-bond donors (Lipinski definition) is 1. The Morgan fingerprint density at radius 2 is 2.11 bits per heavy atom. The van der Waals surface area contributed by atoms with Gasteiger partial charge in [0.15, 0.2) is 0 Å². The summed E-state index contributed by atoms with van der Waals surface area (Å²) in [5.41, 5.74) is 2.84. The lowest BCUT2D eigenvalue weighted by molar-refractivity contribution is 0.181. The Morgan fingerprint density at radius 1 is 1.26 bits per heavy atom. The van der Waals surface area contributed by atoms with E-state index in [0.717, 1.165) is 27.0 Å². The number of aliphatic hydroxyl groups excluding tert-OH is 1. The Hall–Kier alpha value is -1.85. The second-order valence-corrected chi connectivity index (χ2v) is 5.22. The highest BCUT2D eigenvalue weighted by atomic mass is 32.1. The van der Waals surface area contributed by atoms with E-state index in [1.165, 1.54) is 11.5 Å². The van der Waals surface area contributed by atoms with Gasteiger partial charge >= 0.3 is 0 Å². The summed E-state index contributed by atoms with van der Waals surface area (Å²) < 4.78 is 3.87. The van der Waals surface area contributed by atoms with E-state index in [2.05, 4.69) is 14.6 Å². The minimum absolute atomic E-state index is 0.549. The molecule has 0 aliphatic rings. The summed E-state index contributed by atoms with van der Waals surface area (Å²) in [6.07, 6.45) is 1.77. The maximum atomic E-state index is 10.3. The zero-order chi connectivity index (χ0) is 13.2. The van der Waals surface area contributed by atoms with Crippen molar-refractivity contribution in [1.29, 1.82) is 0 Å². The molecule has 1 N–H and O–H groups in total. The maximum Gasteiger partial charge on any atom is 0.0957 e. The molecule has 0 spiro atoms. The maximum absolute atomic E-state index is 10.3. The fraction of sp³-hybridized carbons (Fsp3) is 0.214.